The zero-order valence-electron chi connectivity index (χ0n) is 11.5. The molecule has 1 aromatic heterocycles. The molecule has 1 unspecified atom stereocenters. The van der Waals surface area contributed by atoms with Gasteiger partial charge in [0.05, 0.1) is 6.61 Å². The van der Waals surface area contributed by atoms with E-state index in [0.717, 1.165) is 10.1 Å². The molecule has 0 amide bonds. The summed E-state index contributed by atoms with van der Waals surface area (Å²) in [7, 11) is 1.39. The second-order valence-electron chi connectivity index (χ2n) is 4.67. The Morgan fingerprint density at radius 1 is 1.38 bits per heavy atom. The van der Waals surface area contributed by atoms with E-state index in [1.165, 1.54) is 13.1 Å². The summed E-state index contributed by atoms with van der Waals surface area (Å²) in [6.45, 7) is 0.231. The normalized spacial score (nSPS) is 12.1. The van der Waals surface area contributed by atoms with E-state index in [2.05, 4.69) is 10.3 Å². The Labute approximate surface area is 126 Å². The van der Waals surface area contributed by atoms with Crippen LogP contribution in [0.4, 0.5) is 5.82 Å². The van der Waals surface area contributed by atoms with Crippen LogP contribution in [0.1, 0.15) is 11.5 Å². The number of aliphatic hydroxyl groups is 1. The largest absolute Gasteiger partial charge is 0.396 e. The number of aliphatic hydroxyl groups excluding tert-OH is 1. The molecular formula is C14H16ClN3O3. The van der Waals surface area contributed by atoms with E-state index in [9.17, 15) is 14.7 Å². The van der Waals surface area contributed by atoms with E-state index in [1.807, 2.05) is 18.2 Å². The van der Waals surface area contributed by atoms with Gasteiger partial charge >= 0.3 is 5.69 Å². The Balaban J connectivity index is 2.16. The molecule has 1 atom stereocenters. The molecule has 112 valence electrons. The van der Waals surface area contributed by atoms with Gasteiger partial charge in [-0.15, -0.1) is 0 Å². The summed E-state index contributed by atoms with van der Waals surface area (Å²) in [6.07, 6.45) is 0. The van der Waals surface area contributed by atoms with Crippen molar-refractivity contribution in [1.82, 2.24) is 9.55 Å². The molecular weight excluding hydrogens is 294 g/mol. The molecule has 2 aromatic rings. The molecule has 7 heteroatoms. The van der Waals surface area contributed by atoms with Crippen LogP contribution >= 0.6 is 11.6 Å². The van der Waals surface area contributed by atoms with Crippen LogP contribution in [0.2, 0.25) is 5.02 Å². The number of nitrogens with zero attached hydrogens (tertiary/aromatic N) is 1. The van der Waals surface area contributed by atoms with Gasteiger partial charge in [0.25, 0.3) is 5.56 Å². The van der Waals surface area contributed by atoms with Gasteiger partial charge in [-0.25, -0.2) is 4.79 Å². The lowest BCUT2D eigenvalue weighted by Gasteiger charge is -2.17. The second kappa shape index (κ2) is 6.60. The number of hydrogen-bond acceptors (Lipinski definition) is 4. The molecule has 0 aliphatic rings. The Kier molecular flexibility index (Phi) is 4.82. The van der Waals surface area contributed by atoms with Gasteiger partial charge in [0, 0.05) is 30.6 Å². The van der Waals surface area contributed by atoms with Crippen molar-refractivity contribution in [1.29, 1.82) is 0 Å². The summed E-state index contributed by atoms with van der Waals surface area (Å²) in [5, 5.41) is 13.0. The third kappa shape index (κ3) is 3.53. The smallest absolute Gasteiger partial charge is 0.329 e. The van der Waals surface area contributed by atoms with Crippen molar-refractivity contribution in [3.63, 3.8) is 0 Å². The Morgan fingerprint density at radius 3 is 2.71 bits per heavy atom. The summed E-state index contributed by atoms with van der Waals surface area (Å²) in [5.74, 6) is 0.0693. The number of halogens is 1. The predicted octanol–water partition coefficient (Wildman–Crippen LogP) is 0.915. The molecule has 3 N–H and O–H groups in total. The van der Waals surface area contributed by atoms with Gasteiger partial charge in [0.1, 0.15) is 5.82 Å². The van der Waals surface area contributed by atoms with Crippen LogP contribution in [0.25, 0.3) is 0 Å². The van der Waals surface area contributed by atoms with Crippen molar-refractivity contribution in [2.45, 2.75) is 5.92 Å². The van der Waals surface area contributed by atoms with Crippen LogP contribution in [-0.2, 0) is 7.05 Å². The molecule has 0 radical (unpaired) electrons. The van der Waals surface area contributed by atoms with Crippen molar-refractivity contribution < 1.29 is 5.11 Å². The molecule has 1 aromatic carbocycles. The first-order valence-electron chi connectivity index (χ1n) is 6.42. The average molecular weight is 310 g/mol. The van der Waals surface area contributed by atoms with Gasteiger partial charge in [0.15, 0.2) is 0 Å². The molecule has 6 nitrogen and oxygen atoms in total. The quantitative estimate of drug-likeness (QED) is 0.766. The standard InChI is InChI=1S/C14H16ClN3O3/c1-18-13(20)6-12(17-14(18)21)16-7-9(8-19)10-4-2-3-5-11(10)15/h2-6,9,16,19H,7-8H2,1H3,(H,17,21). The maximum absolute atomic E-state index is 11.5. The van der Waals surface area contributed by atoms with E-state index < -0.39 is 11.2 Å². The molecule has 2 rings (SSSR count). The number of aromatic amines is 1. The summed E-state index contributed by atoms with van der Waals surface area (Å²) in [6, 6.07) is 8.52. The number of aromatic nitrogens is 2. The van der Waals surface area contributed by atoms with Gasteiger partial charge in [0.2, 0.25) is 0 Å². The monoisotopic (exact) mass is 309 g/mol. The van der Waals surface area contributed by atoms with Crippen molar-refractivity contribution in [3.05, 3.63) is 61.8 Å². The Morgan fingerprint density at radius 2 is 2.10 bits per heavy atom. The van der Waals surface area contributed by atoms with Crippen LogP contribution in [0.3, 0.4) is 0 Å². The maximum atomic E-state index is 11.5. The van der Waals surface area contributed by atoms with Crippen LogP contribution in [0, 0.1) is 0 Å². The number of hydrogen-bond donors (Lipinski definition) is 3. The zero-order valence-corrected chi connectivity index (χ0v) is 12.2. The van der Waals surface area contributed by atoms with Crippen LogP contribution in [0.15, 0.2) is 39.9 Å². The fourth-order valence-corrected chi connectivity index (χ4v) is 2.25. The maximum Gasteiger partial charge on any atom is 0.329 e. The van der Waals surface area contributed by atoms with E-state index in [-0.39, 0.29) is 12.5 Å². The van der Waals surface area contributed by atoms with Gasteiger partial charge in [-0.2, -0.15) is 0 Å². The number of rotatable bonds is 5. The van der Waals surface area contributed by atoms with Crippen molar-refractivity contribution in [2.24, 2.45) is 7.05 Å². The highest BCUT2D eigenvalue weighted by molar-refractivity contribution is 6.31. The molecule has 21 heavy (non-hydrogen) atoms. The molecule has 0 fully saturated rings. The van der Waals surface area contributed by atoms with Crippen LogP contribution in [-0.4, -0.2) is 27.8 Å². The molecule has 0 saturated carbocycles. The first-order chi connectivity index (χ1) is 10.0. The summed E-state index contributed by atoms with van der Waals surface area (Å²) in [5.41, 5.74) is -0.0943. The van der Waals surface area contributed by atoms with E-state index in [1.54, 1.807) is 6.07 Å². The minimum Gasteiger partial charge on any atom is -0.396 e. The molecule has 0 saturated heterocycles. The minimum atomic E-state index is -0.497. The number of anilines is 1. The molecule has 0 bridgehead atoms. The van der Waals surface area contributed by atoms with E-state index >= 15 is 0 Å². The van der Waals surface area contributed by atoms with Crippen molar-refractivity contribution >= 4 is 17.4 Å². The highest BCUT2D eigenvalue weighted by Crippen LogP contribution is 2.24. The van der Waals surface area contributed by atoms with E-state index in [4.69, 9.17) is 11.6 Å². The Bertz CT molecular complexity index is 707. The topological polar surface area (TPSA) is 87.1 Å². The lowest BCUT2D eigenvalue weighted by molar-refractivity contribution is 0.270. The lowest BCUT2D eigenvalue weighted by atomic mass is 10.00. The van der Waals surface area contributed by atoms with Gasteiger partial charge in [-0.3, -0.25) is 14.3 Å². The molecule has 0 spiro atoms. The fourth-order valence-electron chi connectivity index (χ4n) is 1.96. The highest BCUT2D eigenvalue weighted by Gasteiger charge is 2.13. The van der Waals surface area contributed by atoms with Crippen molar-refractivity contribution in [2.75, 3.05) is 18.5 Å². The van der Waals surface area contributed by atoms with Gasteiger partial charge in [-0.05, 0) is 11.6 Å². The molecule has 0 aliphatic heterocycles. The minimum absolute atomic E-state index is 0.105. The van der Waals surface area contributed by atoms with Crippen LogP contribution < -0.4 is 16.6 Å². The average Bonchev–Trinajstić information content (AvgIpc) is 2.47. The fraction of sp³-hybridized carbons (Fsp3) is 0.286. The summed E-state index contributed by atoms with van der Waals surface area (Å²) < 4.78 is 0.975. The number of benzene rings is 1. The van der Waals surface area contributed by atoms with E-state index in [0.29, 0.717) is 17.4 Å². The third-order valence-electron chi connectivity index (χ3n) is 3.25. The number of nitrogens with one attached hydrogen (secondary N) is 2. The Hall–Kier alpha value is -2.05. The first kappa shape index (κ1) is 15.3. The van der Waals surface area contributed by atoms with Crippen LogP contribution in [0.5, 0.6) is 0 Å². The summed E-state index contributed by atoms with van der Waals surface area (Å²) in [4.78, 5) is 25.6. The third-order valence-corrected chi connectivity index (χ3v) is 3.59. The summed E-state index contributed by atoms with van der Waals surface area (Å²) >= 11 is 6.10. The first-order valence-corrected chi connectivity index (χ1v) is 6.80. The zero-order chi connectivity index (χ0) is 15.4. The van der Waals surface area contributed by atoms with Gasteiger partial charge in [-0.1, -0.05) is 29.8 Å². The number of H-pyrrole nitrogens is 1. The predicted molar refractivity (Wildman–Crippen MR) is 82.1 cm³/mol. The second-order valence-corrected chi connectivity index (χ2v) is 5.07. The SMILES string of the molecule is Cn1c(=O)cc(NCC(CO)c2ccccc2Cl)[nH]c1=O. The molecule has 0 aliphatic carbocycles. The molecule has 1 heterocycles. The van der Waals surface area contributed by atoms with Crippen molar-refractivity contribution in [3.8, 4) is 0 Å². The highest BCUT2D eigenvalue weighted by atomic mass is 35.5. The van der Waals surface area contributed by atoms with Gasteiger partial charge < -0.3 is 10.4 Å². The lowest BCUT2D eigenvalue weighted by Crippen LogP contribution is -2.33.